The van der Waals surface area contributed by atoms with Crippen LogP contribution in [0, 0.1) is 0 Å². The van der Waals surface area contributed by atoms with E-state index in [-0.39, 0.29) is 12.3 Å². The van der Waals surface area contributed by atoms with Crippen molar-refractivity contribution in [3.05, 3.63) is 42.4 Å². The number of aromatic amines is 1. The second-order valence-corrected chi connectivity index (χ2v) is 6.91. The van der Waals surface area contributed by atoms with E-state index in [4.69, 9.17) is 0 Å². The molecular weight excluding hydrogens is 366 g/mol. The average molecular weight is 381 g/mol. The second kappa shape index (κ2) is 7.16. The highest BCUT2D eigenvalue weighted by atomic mass is 32.2. The average Bonchev–Trinajstić information content (AvgIpc) is 3.26. The molecule has 0 spiro atoms. The lowest BCUT2D eigenvalue weighted by Gasteiger charge is -2.12. The van der Waals surface area contributed by atoms with Crippen molar-refractivity contribution in [3.63, 3.8) is 0 Å². The molecule has 27 heavy (non-hydrogen) atoms. The number of aromatic nitrogens is 4. The Morgan fingerprint density at radius 1 is 1.37 bits per heavy atom. The minimum atomic E-state index is -0.558. The van der Waals surface area contributed by atoms with Crippen LogP contribution in [0.3, 0.4) is 0 Å². The van der Waals surface area contributed by atoms with Gasteiger partial charge >= 0.3 is 6.03 Å². The Balaban J connectivity index is 1.44. The summed E-state index contributed by atoms with van der Waals surface area (Å²) < 4.78 is 0. The van der Waals surface area contributed by atoms with Crippen molar-refractivity contribution in [2.75, 3.05) is 5.32 Å². The predicted octanol–water partition coefficient (Wildman–Crippen LogP) is 2.79. The topological polar surface area (TPSA) is 116 Å². The van der Waals surface area contributed by atoms with Gasteiger partial charge in [-0.3, -0.25) is 9.89 Å². The number of carbonyl (C=O) groups is 2. The highest BCUT2D eigenvalue weighted by molar-refractivity contribution is 7.98. The molecule has 3 amide bonds. The van der Waals surface area contributed by atoms with Crippen molar-refractivity contribution < 1.29 is 9.59 Å². The molecule has 2 aromatic heterocycles. The van der Waals surface area contributed by atoms with Crippen LogP contribution in [0.4, 0.5) is 10.5 Å². The number of hydrogen-bond donors (Lipinski definition) is 2. The molecule has 1 aromatic carbocycles. The molecule has 0 radical (unpaired) electrons. The lowest BCUT2D eigenvalue weighted by Crippen LogP contribution is -2.32. The van der Waals surface area contributed by atoms with E-state index < -0.39 is 6.03 Å². The Hall–Kier alpha value is -3.27. The molecule has 3 aromatic rings. The van der Waals surface area contributed by atoms with Gasteiger partial charge in [0.25, 0.3) is 5.91 Å². The smallest absolute Gasteiger partial charge is 0.306 e. The van der Waals surface area contributed by atoms with Crippen LogP contribution in [0.25, 0.3) is 11.0 Å². The number of H-pyrrole nitrogens is 1. The number of rotatable bonds is 4. The molecule has 136 valence electrons. The summed E-state index contributed by atoms with van der Waals surface area (Å²) in [4.78, 5) is 32.4. The number of urea groups is 1. The Labute approximate surface area is 158 Å². The van der Waals surface area contributed by atoms with Gasteiger partial charge in [0.2, 0.25) is 0 Å². The minimum Gasteiger partial charge on any atom is -0.306 e. The molecule has 0 unspecified atom stereocenters. The maximum atomic E-state index is 12.2. The molecular formula is C17H15N7O2S. The van der Waals surface area contributed by atoms with Gasteiger partial charge in [-0.25, -0.2) is 14.8 Å². The van der Waals surface area contributed by atoms with E-state index in [9.17, 15) is 9.59 Å². The molecule has 2 N–H and O–H groups in total. The van der Waals surface area contributed by atoms with E-state index >= 15 is 0 Å². The first-order valence-electron chi connectivity index (χ1n) is 8.14. The van der Waals surface area contributed by atoms with Crippen LogP contribution in [0.2, 0.25) is 0 Å². The number of benzene rings is 1. The Kier molecular flexibility index (Phi) is 4.55. The SMILES string of the molecule is CC1=NN(C(=O)Nc2cccc(CSc3ncnc4[nH]ncc34)c2)C(=O)C1. The van der Waals surface area contributed by atoms with Crippen molar-refractivity contribution in [2.24, 2.45) is 5.10 Å². The number of thioether (sulfide) groups is 1. The van der Waals surface area contributed by atoms with Gasteiger partial charge in [0, 0.05) is 17.2 Å². The van der Waals surface area contributed by atoms with E-state index in [1.807, 2.05) is 18.2 Å². The number of anilines is 1. The maximum absolute atomic E-state index is 12.2. The third-order valence-electron chi connectivity index (χ3n) is 3.87. The summed E-state index contributed by atoms with van der Waals surface area (Å²) in [7, 11) is 0. The molecule has 9 nitrogen and oxygen atoms in total. The summed E-state index contributed by atoms with van der Waals surface area (Å²) in [6, 6.07) is 6.87. The number of nitrogens with zero attached hydrogens (tertiary/aromatic N) is 5. The first-order valence-corrected chi connectivity index (χ1v) is 9.12. The van der Waals surface area contributed by atoms with E-state index in [1.54, 1.807) is 30.9 Å². The van der Waals surface area contributed by atoms with Crippen molar-refractivity contribution in [1.82, 2.24) is 25.2 Å². The molecule has 1 aliphatic rings. The van der Waals surface area contributed by atoms with Gasteiger partial charge in [-0.15, -0.1) is 16.8 Å². The summed E-state index contributed by atoms with van der Waals surface area (Å²) in [5.41, 5.74) is 2.91. The minimum absolute atomic E-state index is 0.172. The van der Waals surface area contributed by atoms with Crippen LogP contribution in [0.1, 0.15) is 18.9 Å². The van der Waals surface area contributed by atoms with Crippen LogP contribution in [-0.2, 0) is 10.5 Å². The molecule has 0 saturated carbocycles. The molecule has 0 atom stereocenters. The number of hydrogen-bond acceptors (Lipinski definition) is 7. The molecule has 0 bridgehead atoms. The number of carbonyl (C=O) groups excluding carboxylic acids is 2. The Bertz CT molecular complexity index is 1060. The summed E-state index contributed by atoms with van der Waals surface area (Å²) in [6.07, 6.45) is 3.37. The number of imide groups is 1. The molecule has 3 heterocycles. The number of nitrogens with one attached hydrogen (secondary N) is 2. The van der Waals surface area contributed by atoms with Gasteiger partial charge < -0.3 is 5.32 Å². The molecule has 0 fully saturated rings. The standard InChI is InChI=1S/C17H15N7O2S/c1-10-5-14(25)24(23-10)17(26)21-12-4-2-3-11(6-12)8-27-16-13-7-20-22-15(13)18-9-19-16/h2-4,6-7,9H,5,8H2,1H3,(H,21,26)(H,18,19,20,22). The maximum Gasteiger partial charge on any atom is 0.349 e. The van der Waals surface area contributed by atoms with Crippen molar-refractivity contribution in [2.45, 2.75) is 24.1 Å². The van der Waals surface area contributed by atoms with E-state index in [1.165, 1.54) is 6.33 Å². The summed E-state index contributed by atoms with van der Waals surface area (Å²) in [5.74, 6) is 0.325. The molecule has 1 aliphatic heterocycles. The zero-order chi connectivity index (χ0) is 18.8. The lowest BCUT2D eigenvalue weighted by atomic mass is 10.2. The van der Waals surface area contributed by atoms with Crippen LogP contribution >= 0.6 is 11.8 Å². The van der Waals surface area contributed by atoms with Gasteiger partial charge in [-0.1, -0.05) is 12.1 Å². The highest BCUT2D eigenvalue weighted by Crippen LogP contribution is 2.27. The van der Waals surface area contributed by atoms with Gasteiger partial charge in [-0.2, -0.15) is 10.2 Å². The van der Waals surface area contributed by atoms with Crippen molar-refractivity contribution in [1.29, 1.82) is 0 Å². The summed E-state index contributed by atoms with van der Waals surface area (Å²) in [6.45, 7) is 1.72. The molecule has 4 rings (SSSR count). The fraction of sp³-hybridized carbons (Fsp3) is 0.176. The first kappa shape index (κ1) is 17.2. The van der Waals surface area contributed by atoms with Crippen molar-refractivity contribution in [3.8, 4) is 0 Å². The highest BCUT2D eigenvalue weighted by Gasteiger charge is 2.27. The summed E-state index contributed by atoms with van der Waals surface area (Å²) >= 11 is 1.55. The van der Waals surface area contributed by atoms with E-state index in [2.05, 4.69) is 30.6 Å². The van der Waals surface area contributed by atoms with Crippen LogP contribution in [-0.4, -0.2) is 42.8 Å². The number of amides is 3. The number of fused-ring (bicyclic) bond motifs is 1. The zero-order valence-corrected chi connectivity index (χ0v) is 15.2. The van der Waals surface area contributed by atoms with E-state index in [0.717, 1.165) is 21.0 Å². The quantitative estimate of drug-likeness (QED) is 0.530. The first-order chi connectivity index (χ1) is 13.1. The van der Waals surface area contributed by atoms with Crippen molar-refractivity contribution >= 4 is 46.1 Å². The summed E-state index contributed by atoms with van der Waals surface area (Å²) in [5, 5.41) is 16.0. The third kappa shape index (κ3) is 3.65. The molecule has 0 saturated heterocycles. The normalized spacial score (nSPS) is 13.9. The van der Waals surface area contributed by atoms with Gasteiger partial charge in [0.1, 0.15) is 11.4 Å². The lowest BCUT2D eigenvalue weighted by molar-refractivity contribution is -0.125. The van der Waals surface area contributed by atoms with Gasteiger partial charge in [-0.05, 0) is 24.6 Å². The largest absolute Gasteiger partial charge is 0.349 e. The fourth-order valence-electron chi connectivity index (χ4n) is 2.64. The van der Waals surface area contributed by atoms with Crippen LogP contribution < -0.4 is 5.32 Å². The van der Waals surface area contributed by atoms with Crippen LogP contribution in [0.5, 0.6) is 0 Å². The fourth-order valence-corrected chi connectivity index (χ4v) is 3.55. The predicted molar refractivity (Wildman–Crippen MR) is 101 cm³/mol. The zero-order valence-electron chi connectivity index (χ0n) is 14.3. The Morgan fingerprint density at radius 2 is 2.26 bits per heavy atom. The van der Waals surface area contributed by atoms with Gasteiger partial charge in [0.15, 0.2) is 5.65 Å². The second-order valence-electron chi connectivity index (χ2n) is 5.95. The Morgan fingerprint density at radius 3 is 3.07 bits per heavy atom. The number of hydrazone groups is 1. The third-order valence-corrected chi connectivity index (χ3v) is 4.95. The molecule has 10 heteroatoms. The van der Waals surface area contributed by atoms with Crippen LogP contribution in [0.15, 0.2) is 46.9 Å². The molecule has 0 aliphatic carbocycles. The van der Waals surface area contributed by atoms with E-state index in [0.29, 0.717) is 22.8 Å². The monoisotopic (exact) mass is 381 g/mol. The van der Waals surface area contributed by atoms with Gasteiger partial charge in [0.05, 0.1) is 18.0 Å².